The lowest BCUT2D eigenvalue weighted by Crippen LogP contribution is -2.13. The second kappa shape index (κ2) is 7.94. The van der Waals surface area contributed by atoms with Crippen molar-refractivity contribution < 1.29 is 13.5 Å². The number of aliphatic hydroxyl groups excluding tert-OH is 1. The predicted octanol–water partition coefficient (Wildman–Crippen LogP) is 2.28. The molecule has 1 unspecified atom stereocenters. The number of sulfone groups is 1. The van der Waals surface area contributed by atoms with Crippen molar-refractivity contribution in [1.82, 2.24) is 9.78 Å². The second-order valence-corrected chi connectivity index (χ2v) is 7.72. The molecule has 1 N–H and O–H groups in total. The summed E-state index contributed by atoms with van der Waals surface area (Å²) >= 11 is 0. The Morgan fingerprint density at radius 3 is 2.33 bits per heavy atom. The smallest absolute Gasteiger partial charge is 0.150 e. The number of hydrogen-bond acceptors (Lipinski definition) is 4. The Balaban J connectivity index is 2.95. The van der Waals surface area contributed by atoms with Gasteiger partial charge in [0.05, 0.1) is 17.6 Å². The summed E-state index contributed by atoms with van der Waals surface area (Å²) in [5.41, 5.74) is 2.91. The minimum atomic E-state index is -2.93. The van der Waals surface area contributed by atoms with Crippen LogP contribution in [0.1, 0.15) is 63.6 Å². The van der Waals surface area contributed by atoms with Gasteiger partial charge >= 0.3 is 0 Å². The Hall–Kier alpha value is -0.880. The van der Waals surface area contributed by atoms with E-state index in [1.165, 1.54) is 0 Å². The van der Waals surface area contributed by atoms with Crippen molar-refractivity contribution in [3.05, 3.63) is 17.0 Å². The maximum Gasteiger partial charge on any atom is 0.150 e. The largest absolute Gasteiger partial charge is 0.388 e. The first-order chi connectivity index (χ1) is 9.90. The molecular weight excluding hydrogens is 288 g/mol. The van der Waals surface area contributed by atoms with E-state index in [0.29, 0.717) is 19.4 Å². The van der Waals surface area contributed by atoms with E-state index < -0.39 is 15.9 Å². The highest BCUT2D eigenvalue weighted by molar-refractivity contribution is 7.91. The van der Waals surface area contributed by atoms with Crippen molar-refractivity contribution in [2.75, 3.05) is 11.5 Å². The first-order valence-corrected chi connectivity index (χ1v) is 9.69. The molecule has 6 heteroatoms. The Labute approximate surface area is 128 Å². The molecule has 0 spiro atoms. The highest BCUT2D eigenvalue weighted by atomic mass is 32.2. The standard InChI is InChI=1S/C15H28N2O3S/c1-5-12-15(14(18)7-3)13(6-2)17(16-12)10-9-11-21(19,20)8-4/h14,18H,5-11H2,1-4H3. The van der Waals surface area contributed by atoms with E-state index in [-0.39, 0.29) is 11.5 Å². The van der Waals surface area contributed by atoms with Crippen molar-refractivity contribution in [3.8, 4) is 0 Å². The van der Waals surface area contributed by atoms with Crippen molar-refractivity contribution >= 4 is 9.84 Å². The van der Waals surface area contributed by atoms with Gasteiger partial charge in [0.25, 0.3) is 0 Å². The molecule has 21 heavy (non-hydrogen) atoms. The second-order valence-electron chi connectivity index (χ2n) is 5.25. The number of hydrogen-bond donors (Lipinski definition) is 1. The summed E-state index contributed by atoms with van der Waals surface area (Å²) in [6.45, 7) is 8.29. The average Bonchev–Trinajstić information content (AvgIpc) is 2.83. The third-order valence-corrected chi connectivity index (χ3v) is 5.62. The predicted molar refractivity (Wildman–Crippen MR) is 85.2 cm³/mol. The van der Waals surface area contributed by atoms with Gasteiger partial charge in [-0.2, -0.15) is 5.10 Å². The molecule has 0 saturated heterocycles. The maximum atomic E-state index is 11.6. The Bertz CT molecular complexity index is 550. The summed E-state index contributed by atoms with van der Waals surface area (Å²) < 4.78 is 25.0. The van der Waals surface area contributed by atoms with Crippen LogP contribution >= 0.6 is 0 Å². The van der Waals surface area contributed by atoms with Gasteiger partial charge in [0.1, 0.15) is 9.84 Å². The van der Waals surface area contributed by atoms with E-state index in [9.17, 15) is 13.5 Å². The molecule has 122 valence electrons. The quantitative estimate of drug-likeness (QED) is 0.758. The van der Waals surface area contributed by atoms with Crippen LogP contribution in [0.5, 0.6) is 0 Å². The zero-order valence-electron chi connectivity index (χ0n) is 13.6. The minimum Gasteiger partial charge on any atom is -0.388 e. The van der Waals surface area contributed by atoms with Gasteiger partial charge in [-0.3, -0.25) is 4.68 Å². The number of aryl methyl sites for hydroxylation is 2. The molecule has 1 aromatic rings. The molecule has 0 aliphatic carbocycles. The van der Waals surface area contributed by atoms with Crippen LogP contribution in [0.4, 0.5) is 0 Å². The first kappa shape index (κ1) is 18.2. The van der Waals surface area contributed by atoms with E-state index in [1.807, 2.05) is 25.5 Å². The molecule has 1 atom stereocenters. The maximum absolute atomic E-state index is 11.6. The molecule has 0 aliphatic heterocycles. The van der Waals surface area contributed by atoms with Gasteiger partial charge in [-0.25, -0.2) is 8.42 Å². The molecule has 0 aromatic carbocycles. The third-order valence-electron chi connectivity index (χ3n) is 3.83. The molecule has 1 rings (SSSR count). The van der Waals surface area contributed by atoms with Gasteiger partial charge in [-0.05, 0) is 25.7 Å². The summed E-state index contributed by atoms with van der Waals surface area (Å²) in [6.07, 6.45) is 2.31. The molecule has 0 fully saturated rings. The topological polar surface area (TPSA) is 72.2 Å². The summed E-state index contributed by atoms with van der Waals surface area (Å²) in [7, 11) is -2.93. The Morgan fingerprint density at radius 2 is 1.86 bits per heavy atom. The molecule has 1 aromatic heterocycles. The SMILES string of the molecule is CCc1nn(CCCS(=O)(=O)CC)c(CC)c1C(O)CC. The van der Waals surface area contributed by atoms with Crippen LogP contribution < -0.4 is 0 Å². The van der Waals surface area contributed by atoms with E-state index in [4.69, 9.17) is 0 Å². The molecule has 0 amide bonds. The fourth-order valence-corrected chi connectivity index (χ4v) is 3.41. The zero-order chi connectivity index (χ0) is 16.0. The highest BCUT2D eigenvalue weighted by Gasteiger charge is 2.21. The van der Waals surface area contributed by atoms with Crippen LogP contribution in [0.2, 0.25) is 0 Å². The molecule has 0 aliphatic rings. The molecule has 1 heterocycles. The van der Waals surface area contributed by atoms with Crippen LogP contribution in [-0.4, -0.2) is 34.8 Å². The van der Waals surface area contributed by atoms with E-state index in [1.54, 1.807) is 6.92 Å². The lowest BCUT2D eigenvalue weighted by atomic mass is 10.0. The van der Waals surface area contributed by atoms with E-state index >= 15 is 0 Å². The molecule has 0 radical (unpaired) electrons. The Morgan fingerprint density at radius 1 is 1.19 bits per heavy atom. The molecule has 5 nitrogen and oxygen atoms in total. The Kier molecular flexibility index (Phi) is 6.87. The third kappa shape index (κ3) is 4.54. The fraction of sp³-hybridized carbons (Fsp3) is 0.800. The summed E-state index contributed by atoms with van der Waals surface area (Å²) in [5, 5.41) is 14.8. The van der Waals surface area contributed by atoms with Gasteiger partial charge in [-0.15, -0.1) is 0 Å². The van der Waals surface area contributed by atoms with Gasteiger partial charge in [0, 0.05) is 23.6 Å². The van der Waals surface area contributed by atoms with Crippen LogP contribution in [0.25, 0.3) is 0 Å². The minimum absolute atomic E-state index is 0.187. The van der Waals surface area contributed by atoms with Gasteiger partial charge < -0.3 is 5.11 Å². The molecule has 0 saturated carbocycles. The van der Waals surface area contributed by atoms with Crippen molar-refractivity contribution in [2.45, 2.75) is 66.0 Å². The number of nitrogens with zero attached hydrogens (tertiary/aromatic N) is 2. The average molecular weight is 316 g/mol. The number of rotatable bonds is 9. The zero-order valence-corrected chi connectivity index (χ0v) is 14.4. The van der Waals surface area contributed by atoms with Crippen molar-refractivity contribution in [2.24, 2.45) is 0 Å². The van der Waals surface area contributed by atoms with Gasteiger partial charge in [0.15, 0.2) is 0 Å². The van der Waals surface area contributed by atoms with E-state index in [2.05, 4.69) is 5.10 Å². The fourth-order valence-electron chi connectivity index (χ4n) is 2.55. The van der Waals surface area contributed by atoms with Gasteiger partial charge in [-0.1, -0.05) is 27.7 Å². The highest BCUT2D eigenvalue weighted by Crippen LogP contribution is 2.26. The molecule has 0 bridgehead atoms. The van der Waals surface area contributed by atoms with Crippen molar-refractivity contribution in [1.29, 1.82) is 0 Å². The van der Waals surface area contributed by atoms with E-state index in [0.717, 1.165) is 29.8 Å². The summed E-state index contributed by atoms with van der Waals surface area (Å²) in [4.78, 5) is 0. The lowest BCUT2D eigenvalue weighted by molar-refractivity contribution is 0.171. The normalized spacial score (nSPS) is 13.6. The molecular formula is C15H28N2O3S. The van der Waals surface area contributed by atoms with Crippen LogP contribution in [0, 0.1) is 0 Å². The number of aliphatic hydroxyl groups is 1. The van der Waals surface area contributed by atoms with Crippen LogP contribution in [0.15, 0.2) is 0 Å². The van der Waals surface area contributed by atoms with Crippen LogP contribution in [-0.2, 0) is 29.2 Å². The van der Waals surface area contributed by atoms with Gasteiger partial charge in [0.2, 0.25) is 0 Å². The monoisotopic (exact) mass is 316 g/mol. The lowest BCUT2D eigenvalue weighted by Gasteiger charge is -2.11. The summed E-state index contributed by atoms with van der Waals surface area (Å²) in [6, 6.07) is 0. The van der Waals surface area contributed by atoms with Crippen molar-refractivity contribution in [3.63, 3.8) is 0 Å². The number of aromatic nitrogens is 2. The first-order valence-electron chi connectivity index (χ1n) is 7.86. The van der Waals surface area contributed by atoms with Crippen LogP contribution in [0.3, 0.4) is 0 Å². The summed E-state index contributed by atoms with van der Waals surface area (Å²) in [5.74, 6) is 0.381.